The summed E-state index contributed by atoms with van der Waals surface area (Å²) in [7, 11) is -3.91. The predicted octanol–water partition coefficient (Wildman–Crippen LogP) is 8.13. The number of terminal acetylenes is 1. The molecule has 1 aliphatic rings. The summed E-state index contributed by atoms with van der Waals surface area (Å²) >= 11 is 0. The molecule has 190 valence electrons. The Balaban J connectivity index is 3.21. The van der Waals surface area contributed by atoms with E-state index in [1.54, 1.807) is 0 Å². The van der Waals surface area contributed by atoms with Crippen LogP contribution >= 0.6 is 0 Å². The van der Waals surface area contributed by atoms with E-state index >= 15 is 0 Å². The van der Waals surface area contributed by atoms with Gasteiger partial charge in [0.25, 0.3) is 0 Å². The second-order valence-corrected chi connectivity index (χ2v) is 22.5. The Kier molecular flexibility index (Phi) is 10.9. The number of carbonyl (C=O) groups is 1. The van der Waals surface area contributed by atoms with E-state index in [9.17, 15) is 4.79 Å². The highest BCUT2D eigenvalue weighted by atomic mass is 28.4. The topological polar surface area (TPSA) is 35.5 Å². The Bertz CT molecular complexity index is 704. The normalized spacial score (nSPS) is 23.8. The number of hydrogen-bond donors (Lipinski definition) is 0. The Morgan fingerprint density at radius 1 is 1.06 bits per heavy atom. The van der Waals surface area contributed by atoms with Crippen molar-refractivity contribution >= 4 is 22.4 Å². The number of ketones is 1. The van der Waals surface area contributed by atoms with Crippen LogP contribution in [0.5, 0.6) is 0 Å². The van der Waals surface area contributed by atoms with Crippen molar-refractivity contribution in [2.24, 2.45) is 11.8 Å². The molecular formula is C28H52O3Si2. The molecule has 1 unspecified atom stereocenters. The number of carbonyl (C=O) groups excluding carboxylic acids is 1. The highest BCUT2D eigenvalue weighted by molar-refractivity contribution is 6.74. The molecule has 1 rings (SSSR count). The zero-order valence-corrected chi connectivity index (χ0v) is 25.5. The summed E-state index contributed by atoms with van der Waals surface area (Å²) < 4.78 is 13.6. The summed E-state index contributed by atoms with van der Waals surface area (Å²) in [6.45, 7) is 25.0. The zero-order chi connectivity index (χ0) is 25.7. The van der Waals surface area contributed by atoms with Crippen LogP contribution in [0.2, 0.25) is 36.3 Å². The van der Waals surface area contributed by atoms with Gasteiger partial charge < -0.3 is 8.85 Å². The van der Waals surface area contributed by atoms with E-state index in [0.29, 0.717) is 12.8 Å². The van der Waals surface area contributed by atoms with Crippen LogP contribution in [0.15, 0.2) is 12.2 Å². The Labute approximate surface area is 207 Å². The van der Waals surface area contributed by atoms with E-state index in [1.165, 1.54) is 12.8 Å². The first-order valence-electron chi connectivity index (χ1n) is 13.0. The van der Waals surface area contributed by atoms with Crippen molar-refractivity contribution in [1.82, 2.24) is 0 Å². The van der Waals surface area contributed by atoms with Crippen LogP contribution in [0.4, 0.5) is 0 Å². The summed E-state index contributed by atoms with van der Waals surface area (Å²) in [5.74, 6) is 2.88. The van der Waals surface area contributed by atoms with Gasteiger partial charge in [-0.3, -0.25) is 4.79 Å². The lowest BCUT2D eigenvalue weighted by Crippen LogP contribution is -2.45. The maximum Gasteiger partial charge on any atom is 0.192 e. The maximum absolute atomic E-state index is 12.9. The molecule has 33 heavy (non-hydrogen) atoms. The molecule has 0 bridgehead atoms. The predicted molar refractivity (Wildman–Crippen MR) is 147 cm³/mol. The average molecular weight is 493 g/mol. The smallest absolute Gasteiger partial charge is 0.192 e. The molecule has 1 fully saturated rings. The van der Waals surface area contributed by atoms with Gasteiger partial charge in [-0.15, -0.1) is 12.3 Å². The summed E-state index contributed by atoms with van der Waals surface area (Å²) in [5, 5.41) is 0.260. The van der Waals surface area contributed by atoms with Gasteiger partial charge in [0.05, 0.1) is 12.2 Å². The minimum absolute atomic E-state index is 0.0272. The third-order valence-corrected chi connectivity index (χ3v) is 17.2. The first-order chi connectivity index (χ1) is 15.0. The molecule has 4 atom stereocenters. The first-order valence-corrected chi connectivity index (χ1v) is 18.8. The summed E-state index contributed by atoms with van der Waals surface area (Å²) in [6.07, 6.45) is 15.7. The van der Waals surface area contributed by atoms with Gasteiger partial charge in [-0.25, -0.2) is 0 Å². The lowest BCUT2D eigenvalue weighted by molar-refractivity contribution is -0.121. The lowest BCUT2D eigenvalue weighted by Gasteiger charge is -2.40. The molecule has 0 spiro atoms. The van der Waals surface area contributed by atoms with Gasteiger partial charge in [-0.1, -0.05) is 79.9 Å². The van der Waals surface area contributed by atoms with Crippen molar-refractivity contribution in [2.75, 3.05) is 0 Å². The first kappa shape index (κ1) is 30.4. The van der Waals surface area contributed by atoms with Crippen molar-refractivity contribution in [3.8, 4) is 12.3 Å². The third-order valence-electron chi connectivity index (χ3n) is 8.19. The highest BCUT2D eigenvalue weighted by Gasteiger charge is 2.47. The minimum atomic E-state index is -2.00. The number of Topliss-reactive ketones (excluding diaryl/α,β-unsaturated/α-hetero) is 1. The molecule has 5 heteroatoms. The monoisotopic (exact) mass is 492 g/mol. The molecule has 0 heterocycles. The summed E-state index contributed by atoms with van der Waals surface area (Å²) in [4.78, 5) is 12.9. The Morgan fingerprint density at radius 2 is 1.64 bits per heavy atom. The van der Waals surface area contributed by atoms with Crippen molar-refractivity contribution < 1.29 is 13.6 Å². The van der Waals surface area contributed by atoms with Crippen LogP contribution in [-0.2, 0) is 13.6 Å². The van der Waals surface area contributed by atoms with E-state index in [-0.39, 0.29) is 39.9 Å². The molecule has 0 aliphatic heterocycles. The Hall–Kier alpha value is -0.676. The van der Waals surface area contributed by atoms with E-state index in [4.69, 9.17) is 15.3 Å². The molecule has 0 amide bonds. The molecule has 1 aliphatic carbocycles. The van der Waals surface area contributed by atoms with E-state index in [1.807, 2.05) is 0 Å². The molecule has 0 saturated heterocycles. The second kappa shape index (κ2) is 11.8. The Morgan fingerprint density at radius 3 is 2.12 bits per heavy atom. The highest BCUT2D eigenvalue weighted by Crippen LogP contribution is 2.43. The molecule has 0 N–H and O–H groups in total. The summed E-state index contributed by atoms with van der Waals surface area (Å²) in [5.41, 5.74) is 0. The standard InChI is InChI=1S/C28H52O3Si2/c1-13-15-16-18-22(30-32(9,10)27(3,4)5)19-20-24-23(17-14-2)25(29)21-26(24)31-33(11,12)28(6,7)8/h2,19-20,22-24,26H,13,15-18,21H2,1,3-12H3/b20-19+/t22?,23-,24-,26-/m1/s1. The van der Waals surface area contributed by atoms with E-state index < -0.39 is 16.6 Å². The number of hydrogen-bond acceptors (Lipinski definition) is 3. The zero-order valence-electron chi connectivity index (χ0n) is 23.5. The number of rotatable bonds is 11. The van der Waals surface area contributed by atoms with Crippen molar-refractivity contribution in [3.05, 3.63) is 12.2 Å². The lowest BCUT2D eigenvalue weighted by atomic mass is 9.90. The van der Waals surface area contributed by atoms with Gasteiger partial charge in [-0.2, -0.15) is 0 Å². The van der Waals surface area contributed by atoms with Crippen molar-refractivity contribution in [2.45, 2.75) is 135 Å². The van der Waals surface area contributed by atoms with Crippen LogP contribution in [0.3, 0.4) is 0 Å². The fourth-order valence-electron chi connectivity index (χ4n) is 3.87. The molecular weight excluding hydrogens is 440 g/mol. The minimum Gasteiger partial charge on any atom is -0.413 e. The van der Waals surface area contributed by atoms with Gasteiger partial charge in [0.2, 0.25) is 0 Å². The van der Waals surface area contributed by atoms with Crippen molar-refractivity contribution in [1.29, 1.82) is 0 Å². The maximum atomic E-state index is 12.9. The molecule has 3 nitrogen and oxygen atoms in total. The van der Waals surface area contributed by atoms with Crippen LogP contribution in [0.25, 0.3) is 0 Å². The molecule has 0 aromatic heterocycles. The van der Waals surface area contributed by atoms with Gasteiger partial charge in [-0.05, 0) is 42.7 Å². The quantitative estimate of drug-likeness (QED) is 0.126. The third kappa shape index (κ3) is 8.49. The van der Waals surface area contributed by atoms with E-state index in [2.05, 4.69) is 92.7 Å². The van der Waals surface area contributed by atoms with Gasteiger partial charge in [0.15, 0.2) is 16.6 Å². The van der Waals surface area contributed by atoms with Crippen LogP contribution < -0.4 is 0 Å². The molecule has 0 aromatic carbocycles. The largest absolute Gasteiger partial charge is 0.413 e. The van der Waals surface area contributed by atoms with E-state index in [0.717, 1.165) is 12.8 Å². The summed E-state index contributed by atoms with van der Waals surface area (Å²) in [6, 6.07) is 0. The SMILES string of the molecule is C#CC[C@H]1C(=O)C[C@@H](O[Si](C)(C)C(C)(C)C)[C@@H]1/C=C/C(CCCCC)O[Si](C)(C)C(C)(C)C. The van der Waals surface area contributed by atoms with Gasteiger partial charge in [0.1, 0.15) is 5.78 Å². The van der Waals surface area contributed by atoms with Crippen molar-refractivity contribution in [3.63, 3.8) is 0 Å². The van der Waals surface area contributed by atoms with Crippen LogP contribution in [-0.4, -0.2) is 34.6 Å². The average Bonchev–Trinajstić information content (AvgIpc) is 2.92. The van der Waals surface area contributed by atoms with Crippen LogP contribution in [0.1, 0.15) is 87.0 Å². The molecule has 1 saturated carbocycles. The fourth-order valence-corrected chi connectivity index (χ4v) is 6.53. The molecule has 0 radical (unpaired) electrons. The fraction of sp³-hybridized carbons (Fsp3) is 0.821. The number of unbranched alkanes of at least 4 members (excludes halogenated alkanes) is 2. The van der Waals surface area contributed by atoms with Gasteiger partial charge >= 0.3 is 0 Å². The van der Waals surface area contributed by atoms with Crippen LogP contribution in [0, 0.1) is 24.2 Å². The van der Waals surface area contributed by atoms with Gasteiger partial charge in [0, 0.05) is 24.7 Å². The second-order valence-electron chi connectivity index (χ2n) is 13.0. The molecule has 0 aromatic rings.